The first-order valence-corrected chi connectivity index (χ1v) is 10.1. The molecule has 0 radical (unpaired) electrons. The Morgan fingerprint density at radius 1 is 1.29 bits per heavy atom. The van der Waals surface area contributed by atoms with Crippen molar-refractivity contribution in [1.29, 1.82) is 0 Å². The summed E-state index contributed by atoms with van der Waals surface area (Å²) in [6.07, 6.45) is 1.06. The van der Waals surface area contributed by atoms with Crippen LogP contribution in [0.5, 0.6) is 5.75 Å². The molecule has 1 fully saturated rings. The van der Waals surface area contributed by atoms with Crippen molar-refractivity contribution in [2.75, 3.05) is 40.4 Å². The highest BCUT2D eigenvalue weighted by Gasteiger charge is 2.32. The molecule has 1 aromatic rings. The van der Waals surface area contributed by atoms with Crippen LogP contribution in [0.4, 0.5) is 0 Å². The lowest BCUT2D eigenvalue weighted by atomic mass is 9.96. The first kappa shape index (κ1) is 22.2. The normalized spacial score (nSPS) is 18.1. The van der Waals surface area contributed by atoms with Gasteiger partial charge in [0.25, 0.3) is 5.91 Å². The van der Waals surface area contributed by atoms with E-state index in [1.807, 2.05) is 18.2 Å². The summed E-state index contributed by atoms with van der Waals surface area (Å²) in [5, 5.41) is 0. The Bertz CT molecular complexity index is 662. The van der Waals surface area contributed by atoms with Crippen LogP contribution in [0.15, 0.2) is 24.3 Å². The number of likely N-dealkylation sites (tertiary alicyclic amines) is 1. The molecule has 0 aliphatic carbocycles. The topological polar surface area (TPSA) is 59.1 Å². The van der Waals surface area contributed by atoms with Crippen molar-refractivity contribution in [3.8, 4) is 5.75 Å². The lowest BCUT2D eigenvalue weighted by Crippen LogP contribution is -2.49. The fraction of sp³-hybridized carbons (Fsp3) is 0.636. The van der Waals surface area contributed by atoms with Gasteiger partial charge in [-0.2, -0.15) is 0 Å². The van der Waals surface area contributed by atoms with E-state index >= 15 is 0 Å². The molecule has 0 N–H and O–H groups in total. The number of carbonyl (C=O) groups is 2. The fourth-order valence-corrected chi connectivity index (χ4v) is 3.49. The zero-order valence-corrected chi connectivity index (χ0v) is 17.8. The highest BCUT2D eigenvalue weighted by Crippen LogP contribution is 2.23. The van der Waals surface area contributed by atoms with E-state index in [4.69, 9.17) is 9.47 Å². The molecular weight excluding hydrogens is 356 g/mol. The Kier molecular flexibility index (Phi) is 8.30. The van der Waals surface area contributed by atoms with Crippen molar-refractivity contribution in [2.24, 2.45) is 5.92 Å². The van der Waals surface area contributed by atoms with Gasteiger partial charge in [0.1, 0.15) is 5.75 Å². The standard InChI is InChI=1S/C22H34N2O4/c1-16(2)18-8-6-10-20(14-18)28-17(3)21(25)24-11-7-9-19(15-24)22(26)23(4)12-13-27-5/h6,8,10,14,16-17,19H,7,9,11-13,15H2,1-5H3/t17-,19+/m0/s1. The van der Waals surface area contributed by atoms with Crippen LogP contribution in [0.25, 0.3) is 0 Å². The van der Waals surface area contributed by atoms with E-state index in [-0.39, 0.29) is 17.7 Å². The van der Waals surface area contributed by atoms with E-state index < -0.39 is 6.10 Å². The SMILES string of the molecule is COCCN(C)C(=O)[C@@H]1CCCN(C(=O)[C@H](C)Oc2cccc(C(C)C)c2)C1. The molecule has 0 unspecified atom stereocenters. The zero-order chi connectivity index (χ0) is 20.7. The molecule has 28 heavy (non-hydrogen) atoms. The van der Waals surface area contributed by atoms with Crippen LogP contribution in [0.1, 0.15) is 45.1 Å². The minimum atomic E-state index is -0.581. The summed E-state index contributed by atoms with van der Waals surface area (Å²) >= 11 is 0. The minimum absolute atomic E-state index is 0.0630. The third-order valence-corrected chi connectivity index (χ3v) is 5.27. The molecule has 1 aliphatic heterocycles. The van der Waals surface area contributed by atoms with Crippen molar-refractivity contribution in [1.82, 2.24) is 9.80 Å². The van der Waals surface area contributed by atoms with Crippen LogP contribution >= 0.6 is 0 Å². The van der Waals surface area contributed by atoms with Crippen LogP contribution in [0, 0.1) is 5.92 Å². The van der Waals surface area contributed by atoms with Gasteiger partial charge in [-0.25, -0.2) is 0 Å². The second kappa shape index (κ2) is 10.5. The van der Waals surface area contributed by atoms with Gasteiger partial charge in [-0.15, -0.1) is 0 Å². The summed E-state index contributed by atoms with van der Waals surface area (Å²) in [7, 11) is 3.41. The fourth-order valence-electron chi connectivity index (χ4n) is 3.49. The maximum atomic E-state index is 12.9. The van der Waals surface area contributed by atoms with E-state index in [0.29, 0.717) is 37.9 Å². The Morgan fingerprint density at radius 3 is 2.71 bits per heavy atom. The molecule has 1 aromatic carbocycles. The third kappa shape index (κ3) is 5.96. The first-order chi connectivity index (χ1) is 13.3. The maximum Gasteiger partial charge on any atom is 0.263 e. The maximum absolute atomic E-state index is 12.9. The van der Waals surface area contributed by atoms with Crippen molar-refractivity contribution >= 4 is 11.8 Å². The third-order valence-electron chi connectivity index (χ3n) is 5.27. The average Bonchev–Trinajstić information content (AvgIpc) is 2.71. The highest BCUT2D eigenvalue weighted by atomic mass is 16.5. The Morgan fingerprint density at radius 2 is 2.04 bits per heavy atom. The molecule has 1 aliphatic rings. The van der Waals surface area contributed by atoms with Gasteiger partial charge in [0.15, 0.2) is 6.10 Å². The van der Waals surface area contributed by atoms with Crippen LogP contribution in [0.3, 0.4) is 0 Å². The van der Waals surface area contributed by atoms with Crippen LogP contribution in [-0.2, 0) is 14.3 Å². The predicted molar refractivity (Wildman–Crippen MR) is 109 cm³/mol. The molecule has 2 rings (SSSR count). The molecule has 0 saturated carbocycles. The number of carbonyl (C=O) groups excluding carboxylic acids is 2. The molecule has 1 heterocycles. The second-order valence-electron chi connectivity index (χ2n) is 7.86. The van der Waals surface area contributed by atoms with E-state index in [2.05, 4.69) is 19.9 Å². The second-order valence-corrected chi connectivity index (χ2v) is 7.86. The molecule has 1 saturated heterocycles. The van der Waals surface area contributed by atoms with Gasteiger partial charge in [0, 0.05) is 33.8 Å². The summed E-state index contributed by atoms with van der Waals surface area (Å²) in [6, 6.07) is 7.88. The lowest BCUT2D eigenvalue weighted by molar-refractivity contribution is -0.144. The van der Waals surface area contributed by atoms with Crippen molar-refractivity contribution in [2.45, 2.75) is 45.6 Å². The number of benzene rings is 1. The monoisotopic (exact) mass is 390 g/mol. The Balaban J connectivity index is 1.95. The van der Waals surface area contributed by atoms with Gasteiger partial charge in [0.05, 0.1) is 12.5 Å². The predicted octanol–water partition coefficient (Wildman–Crippen LogP) is 2.92. The minimum Gasteiger partial charge on any atom is -0.481 e. The molecule has 0 bridgehead atoms. The van der Waals surface area contributed by atoms with Gasteiger partial charge in [-0.3, -0.25) is 9.59 Å². The quantitative estimate of drug-likeness (QED) is 0.685. The summed E-state index contributed by atoms with van der Waals surface area (Å²) < 4.78 is 11.0. The molecular formula is C22H34N2O4. The number of nitrogens with zero attached hydrogens (tertiary/aromatic N) is 2. The summed E-state index contributed by atoms with van der Waals surface area (Å²) in [5.74, 6) is 0.963. The molecule has 156 valence electrons. The van der Waals surface area contributed by atoms with Gasteiger partial charge in [-0.05, 0) is 43.4 Å². The van der Waals surface area contributed by atoms with Gasteiger partial charge in [-0.1, -0.05) is 26.0 Å². The van der Waals surface area contributed by atoms with E-state index in [9.17, 15) is 9.59 Å². The number of rotatable bonds is 8. The van der Waals surface area contributed by atoms with Gasteiger partial charge in [0.2, 0.25) is 5.91 Å². The first-order valence-electron chi connectivity index (χ1n) is 10.1. The van der Waals surface area contributed by atoms with Crippen LogP contribution in [-0.4, -0.2) is 68.1 Å². The molecule has 2 atom stereocenters. The number of likely N-dealkylation sites (N-methyl/N-ethyl adjacent to an activating group) is 1. The van der Waals surface area contributed by atoms with E-state index in [1.165, 1.54) is 5.56 Å². The highest BCUT2D eigenvalue weighted by molar-refractivity contribution is 5.83. The lowest BCUT2D eigenvalue weighted by Gasteiger charge is -2.35. The number of ether oxygens (including phenoxy) is 2. The van der Waals surface area contributed by atoms with E-state index in [0.717, 1.165) is 12.8 Å². The number of methoxy groups -OCH3 is 1. The van der Waals surface area contributed by atoms with E-state index in [1.54, 1.807) is 30.9 Å². The van der Waals surface area contributed by atoms with Gasteiger partial charge >= 0.3 is 0 Å². The smallest absolute Gasteiger partial charge is 0.263 e. The Hall–Kier alpha value is -2.08. The molecule has 2 amide bonds. The average molecular weight is 391 g/mol. The summed E-state index contributed by atoms with van der Waals surface area (Å²) in [4.78, 5) is 29.0. The van der Waals surface area contributed by atoms with Gasteiger partial charge < -0.3 is 19.3 Å². The van der Waals surface area contributed by atoms with Crippen LogP contribution in [0.2, 0.25) is 0 Å². The molecule has 6 nitrogen and oxygen atoms in total. The summed E-state index contributed by atoms with van der Waals surface area (Å²) in [6.45, 7) is 8.23. The largest absolute Gasteiger partial charge is 0.481 e. The summed E-state index contributed by atoms with van der Waals surface area (Å²) in [5.41, 5.74) is 1.18. The number of hydrogen-bond donors (Lipinski definition) is 0. The van der Waals surface area contributed by atoms with Crippen molar-refractivity contribution < 1.29 is 19.1 Å². The molecule has 0 spiro atoms. The number of hydrogen-bond acceptors (Lipinski definition) is 4. The Labute approximate surface area is 168 Å². The molecule has 0 aromatic heterocycles. The number of piperidine rings is 1. The van der Waals surface area contributed by atoms with Crippen molar-refractivity contribution in [3.05, 3.63) is 29.8 Å². The number of amides is 2. The molecule has 6 heteroatoms. The van der Waals surface area contributed by atoms with Crippen LogP contribution < -0.4 is 4.74 Å². The van der Waals surface area contributed by atoms with Crippen molar-refractivity contribution in [3.63, 3.8) is 0 Å². The zero-order valence-electron chi connectivity index (χ0n) is 17.8.